The molecule has 5 heteroatoms. The summed E-state index contributed by atoms with van der Waals surface area (Å²) >= 11 is 0. The summed E-state index contributed by atoms with van der Waals surface area (Å²) in [6.45, 7) is 2.86. The maximum Gasteiger partial charge on any atom is 0.234 e. The van der Waals surface area contributed by atoms with Gasteiger partial charge in [0, 0.05) is 12.1 Å². The summed E-state index contributed by atoms with van der Waals surface area (Å²) in [4.78, 5) is 25.1. The van der Waals surface area contributed by atoms with Gasteiger partial charge in [0.25, 0.3) is 0 Å². The maximum absolute atomic E-state index is 12.0. The van der Waals surface area contributed by atoms with Crippen molar-refractivity contribution in [2.75, 3.05) is 33.8 Å². The molecule has 19 heavy (non-hydrogen) atoms. The number of ether oxygens (including phenoxy) is 1. The quantitative estimate of drug-likeness (QED) is 0.745. The van der Waals surface area contributed by atoms with Gasteiger partial charge in [0.2, 0.25) is 5.91 Å². The zero-order chi connectivity index (χ0) is 14.3. The molecular formula is C14H20N2O3. The third-order valence-electron chi connectivity index (χ3n) is 2.59. The van der Waals surface area contributed by atoms with E-state index in [4.69, 9.17) is 4.74 Å². The minimum absolute atomic E-state index is 0.0364. The number of hydrogen-bond acceptors (Lipinski definition) is 4. The normalized spacial score (nSPS) is 10.3. The Labute approximate surface area is 113 Å². The third-order valence-corrected chi connectivity index (χ3v) is 2.59. The van der Waals surface area contributed by atoms with Gasteiger partial charge in [-0.25, -0.2) is 0 Å². The Bertz CT molecular complexity index is 446. The average molecular weight is 264 g/mol. The van der Waals surface area contributed by atoms with Crippen molar-refractivity contribution in [2.45, 2.75) is 6.92 Å². The second-order valence-electron chi connectivity index (χ2n) is 4.28. The van der Waals surface area contributed by atoms with Crippen LogP contribution in [0.1, 0.15) is 17.3 Å². The molecule has 0 heterocycles. The molecule has 0 aliphatic rings. The molecule has 0 aromatic heterocycles. The summed E-state index contributed by atoms with van der Waals surface area (Å²) in [5, 5.41) is 2.70. The predicted octanol–water partition coefficient (Wildman–Crippen LogP) is 0.946. The molecule has 0 aliphatic heterocycles. The van der Waals surface area contributed by atoms with Crippen LogP contribution in [-0.2, 0) is 4.79 Å². The fraction of sp³-hybridized carbons (Fsp3) is 0.429. The van der Waals surface area contributed by atoms with Gasteiger partial charge in [-0.15, -0.1) is 0 Å². The van der Waals surface area contributed by atoms with Gasteiger partial charge in [-0.2, -0.15) is 0 Å². The number of Topliss-reactive ketones (excluding diaryl/α,β-unsaturated/α-hetero) is 1. The predicted molar refractivity (Wildman–Crippen MR) is 73.5 cm³/mol. The molecule has 104 valence electrons. The summed E-state index contributed by atoms with van der Waals surface area (Å²) < 4.78 is 5.08. The lowest BCUT2D eigenvalue weighted by molar-refractivity contribution is -0.121. The molecule has 1 rings (SSSR count). The van der Waals surface area contributed by atoms with Crippen molar-refractivity contribution >= 4 is 11.7 Å². The van der Waals surface area contributed by atoms with Gasteiger partial charge in [-0.3, -0.25) is 14.5 Å². The first-order valence-electron chi connectivity index (χ1n) is 6.19. The van der Waals surface area contributed by atoms with Crippen LogP contribution in [0.3, 0.4) is 0 Å². The van der Waals surface area contributed by atoms with Crippen LogP contribution in [0, 0.1) is 0 Å². The van der Waals surface area contributed by atoms with E-state index in [1.54, 1.807) is 43.3 Å². The number of carbonyl (C=O) groups excluding carboxylic acids is 2. The zero-order valence-corrected chi connectivity index (χ0v) is 11.6. The lowest BCUT2D eigenvalue weighted by atomic mass is 10.1. The molecule has 0 radical (unpaired) electrons. The van der Waals surface area contributed by atoms with E-state index in [0.29, 0.717) is 17.9 Å². The van der Waals surface area contributed by atoms with Crippen LogP contribution in [0.15, 0.2) is 24.3 Å². The molecule has 0 unspecified atom stereocenters. The van der Waals surface area contributed by atoms with Crippen molar-refractivity contribution in [1.29, 1.82) is 0 Å². The maximum atomic E-state index is 12.0. The first-order chi connectivity index (χ1) is 9.06. The Kier molecular flexibility index (Phi) is 6.02. The Balaban J connectivity index is 2.56. The van der Waals surface area contributed by atoms with E-state index in [2.05, 4.69) is 5.32 Å². The number of likely N-dealkylation sites (N-methyl/N-ethyl adjacent to an activating group) is 2. The van der Waals surface area contributed by atoms with Crippen LogP contribution in [0.4, 0.5) is 0 Å². The highest BCUT2D eigenvalue weighted by Gasteiger charge is 2.12. The van der Waals surface area contributed by atoms with Crippen molar-refractivity contribution in [3.8, 4) is 5.75 Å². The number of amides is 1. The molecule has 0 saturated heterocycles. The number of rotatable bonds is 7. The molecule has 1 amide bonds. The number of methoxy groups -OCH3 is 1. The van der Waals surface area contributed by atoms with Gasteiger partial charge < -0.3 is 10.1 Å². The third kappa shape index (κ3) is 5.09. The fourth-order valence-electron chi connectivity index (χ4n) is 1.69. The molecule has 0 spiro atoms. The van der Waals surface area contributed by atoms with Gasteiger partial charge in [0.1, 0.15) is 5.75 Å². The Morgan fingerprint density at radius 1 is 1.32 bits per heavy atom. The zero-order valence-electron chi connectivity index (χ0n) is 11.6. The van der Waals surface area contributed by atoms with Crippen molar-refractivity contribution < 1.29 is 14.3 Å². The Hall–Kier alpha value is -1.88. The minimum atomic E-state index is -0.0801. The summed E-state index contributed by atoms with van der Waals surface area (Å²) in [7, 11) is 3.30. The number of nitrogens with zero attached hydrogens (tertiary/aromatic N) is 1. The van der Waals surface area contributed by atoms with Crippen molar-refractivity contribution in [1.82, 2.24) is 10.2 Å². The molecule has 5 nitrogen and oxygen atoms in total. The van der Waals surface area contributed by atoms with Crippen LogP contribution < -0.4 is 10.1 Å². The summed E-state index contributed by atoms with van der Waals surface area (Å²) in [6, 6.07) is 7.00. The molecular weight excluding hydrogens is 244 g/mol. The molecule has 0 atom stereocenters. The van der Waals surface area contributed by atoms with E-state index >= 15 is 0 Å². The van der Waals surface area contributed by atoms with Crippen LogP contribution >= 0.6 is 0 Å². The molecule has 1 aromatic rings. The largest absolute Gasteiger partial charge is 0.497 e. The summed E-state index contributed by atoms with van der Waals surface area (Å²) in [6.07, 6.45) is 0. The van der Waals surface area contributed by atoms with Gasteiger partial charge in [0.15, 0.2) is 5.78 Å². The molecule has 0 fully saturated rings. The van der Waals surface area contributed by atoms with Crippen molar-refractivity contribution in [3.05, 3.63) is 29.8 Å². The highest BCUT2D eigenvalue weighted by molar-refractivity contribution is 5.98. The van der Waals surface area contributed by atoms with E-state index in [1.165, 1.54) is 0 Å². The Morgan fingerprint density at radius 3 is 2.68 bits per heavy atom. The lowest BCUT2D eigenvalue weighted by Crippen LogP contribution is -2.37. The van der Waals surface area contributed by atoms with Crippen molar-refractivity contribution in [2.24, 2.45) is 0 Å². The first-order valence-corrected chi connectivity index (χ1v) is 6.19. The molecule has 0 aliphatic carbocycles. The highest BCUT2D eigenvalue weighted by atomic mass is 16.5. The van der Waals surface area contributed by atoms with Crippen LogP contribution in [0.5, 0.6) is 5.75 Å². The van der Waals surface area contributed by atoms with Crippen molar-refractivity contribution in [3.63, 3.8) is 0 Å². The Morgan fingerprint density at radius 2 is 2.05 bits per heavy atom. The summed E-state index contributed by atoms with van der Waals surface area (Å²) in [5.74, 6) is 0.534. The van der Waals surface area contributed by atoms with Gasteiger partial charge in [-0.1, -0.05) is 12.1 Å². The van der Waals surface area contributed by atoms with Crippen LogP contribution in [-0.4, -0.2) is 50.4 Å². The van der Waals surface area contributed by atoms with Gasteiger partial charge >= 0.3 is 0 Å². The fourth-order valence-corrected chi connectivity index (χ4v) is 1.69. The number of hydrogen-bond donors (Lipinski definition) is 1. The molecule has 1 N–H and O–H groups in total. The van der Waals surface area contributed by atoms with Crippen LogP contribution in [0.25, 0.3) is 0 Å². The topological polar surface area (TPSA) is 58.6 Å². The smallest absolute Gasteiger partial charge is 0.234 e. The molecule has 0 saturated carbocycles. The van der Waals surface area contributed by atoms with E-state index in [-0.39, 0.29) is 24.8 Å². The molecule has 1 aromatic carbocycles. The second-order valence-corrected chi connectivity index (χ2v) is 4.28. The van der Waals surface area contributed by atoms with Crippen LogP contribution in [0.2, 0.25) is 0 Å². The minimum Gasteiger partial charge on any atom is -0.497 e. The number of carbonyl (C=O) groups is 2. The summed E-state index contributed by atoms with van der Waals surface area (Å²) in [5.41, 5.74) is 0.585. The number of benzene rings is 1. The monoisotopic (exact) mass is 264 g/mol. The van der Waals surface area contributed by atoms with E-state index in [0.717, 1.165) is 0 Å². The number of ketones is 1. The first kappa shape index (κ1) is 15.2. The average Bonchev–Trinajstić information content (AvgIpc) is 2.38. The second kappa shape index (κ2) is 7.53. The standard InChI is InChI=1S/C14H20N2O3/c1-4-15-14(18)10-16(2)9-13(17)11-6-5-7-12(8-11)19-3/h5-8H,4,9-10H2,1-3H3,(H,15,18). The van der Waals surface area contributed by atoms with E-state index in [9.17, 15) is 9.59 Å². The van der Waals surface area contributed by atoms with Gasteiger partial charge in [-0.05, 0) is 26.1 Å². The van der Waals surface area contributed by atoms with E-state index < -0.39 is 0 Å². The number of nitrogens with one attached hydrogen (secondary N) is 1. The van der Waals surface area contributed by atoms with E-state index in [1.807, 2.05) is 6.92 Å². The highest BCUT2D eigenvalue weighted by Crippen LogP contribution is 2.13. The van der Waals surface area contributed by atoms with Gasteiger partial charge in [0.05, 0.1) is 20.2 Å². The lowest BCUT2D eigenvalue weighted by Gasteiger charge is -2.15. The SMILES string of the molecule is CCNC(=O)CN(C)CC(=O)c1cccc(OC)c1. The molecule has 0 bridgehead atoms.